The Hall–Kier alpha value is -2.99. The predicted molar refractivity (Wildman–Crippen MR) is 104 cm³/mol. The largest absolute Gasteiger partial charge is 0.466 e. The number of halogens is 1. The summed E-state index contributed by atoms with van der Waals surface area (Å²) < 4.78 is 15.9. The Morgan fingerprint density at radius 2 is 1.54 bits per heavy atom. The number of hydrogen-bond donors (Lipinski definition) is 1. The van der Waals surface area contributed by atoms with Gasteiger partial charge in [-0.3, -0.25) is 0 Å². The number of carbonyl (C=O) groups excluding carboxylic acids is 2. The van der Waals surface area contributed by atoms with E-state index in [0.717, 1.165) is 0 Å². The number of rotatable bonds is 4. The summed E-state index contributed by atoms with van der Waals surface area (Å²) in [6.45, 7) is 3.49. The second-order valence-corrected chi connectivity index (χ2v) is 6.71. The number of hydrogen-bond acceptors (Lipinski definition) is 6. The van der Waals surface area contributed by atoms with Gasteiger partial charge in [0.1, 0.15) is 11.5 Å². The fourth-order valence-electron chi connectivity index (χ4n) is 3.35. The van der Waals surface area contributed by atoms with E-state index in [2.05, 4.69) is 5.32 Å². The third kappa shape index (κ3) is 3.43. The Bertz CT molecular complexity index is 964. The van der Waals surface area contributed by atoms with Crippen molar-refractivity contribution in [3.05, 3.63) is 69.7 Å². The van der Waals surface area contributed by atoms with E-state index < -0.39 is 17.9 Å². The van der Waals surface area contributed by atoms with Crippen LogP contribution >= 0.6 is 11.6 Å². The van der Waals surface area contributed by atoms with Gasteiger partial charge in [-0.25, -0.2) is 9.59 Å². The van der Waals surface area contributed by atoms with Crippen LogP contribution in [0.15, 0.2) is 63.4 Å². The molecule has 0 bridgehead atoms. The lowest BCUT2D eigenvalue weighted by Crippen LogP contribution is -2.31. The number of methoxy groups -OCH3 is 2. The highest BCUT2D eigenvalue weighted by atomic mass is 35.5. The maximum atomic E-state index is 12.5. The van der Waals surface area contributed by atoms with Crippen LogP contribution in [-0.4, -0.2) is 26.2 Å². The molecule has 3 rings (SSSR count). The zero-order chi connectivity index (χ0) is 20.4. The van der Waals surface area contributed by atoms with Crippen molar-refractivity contribution in [1.29, 1.82) is 0 Å². The van der Waals surface area contributed by atoms with E-state index in [1.165, 1.54) is 14.2 Å². The summed E-state index contributed by atoms with van der Waals surface area (Å²) in [4.78, 5) is 25.0. The van der Waals surface area contributed by atoms with Crippen LogP contribution in [0.5, 0.6) is 0 Å². The summed E-state index contributed by atoms with van der Waals surface area (Å²) >= 11 is 6.27. The van der Waals surface area contributed by atoms with Crippen LogP contribution < -0.4 is 5.32 Å². The first kappa shape index (κ1) is 19.8. The molecule has 1 aromatic heterocycles. The minimum atomic E-state index is -0.766. The first-order valence-electron chi connectivity index (χ1n) is 8.58. The molecule has 0 spiro atoms. The highest BCUT2D eigenvalue weighted by Gasteiger charge is 2.39. The molecule has 6 nitrogen and oxygen atoms in total. The zero-order valence-corrected chi connectivity index (χ0v) is 16.7. The van der Waals surface area contributed by atoms with Gasteiger partial charge in [0.05, 0.1) is 36.3 Å². The van der Waals surface area contributed by atoms with Crippen molar-refractivity contribution >= 4 is 23.5 Å². The first-order valence-corrected chi connectivity index (χ1v) is 8.96. The Morgan fingerprint density at radius 1 is 0.964 bits per heavy atom. The lowest BCUT2D eigenvalue weighted by Gasteiger charge is -2.28. The van der Waals surface area contributed by atoms with Gasteiger partial charge in [0.25, 0.3) is 0 Å². The van der Waals surface area contributed by atoms with E-state index in [4.69, 9.17) is 25.5 Å². The maximum Gasteiger partial charge on any atom is 0.336 e. The van der Waals surface area contributed by atoms with Crippen LogP contribution in [0.25, 0.3) is 11.3 Å². The number of allylic oxidation sites excluding steroid dienone is 2. The van der Waals surface area contributed by atoms with Gasteiger partial charge < -0.3 is 19.2 Å². The molecule has 146 valence electrons. The van der Waals surface area contributed by atoms with Crippen LogP contribution in [0, 0.1) is 0 Å². The highest BCUT2D eigenvalue weighted by molar-refractivity contribution is 6.33. The minimum absolute atomic E-state index is 0.286. The molecule has 1 aliphatic heterocycles. The molecule has 1 N–H and O–H groups in total. The monoisotopic (exact) mass is 401 g/mol. The van der Waals surface area contributed by atoms with Gasteiger partial charge >= 0.3 is 11.9 Å². The van der Waals surface area contributed by atoms with Crippen molar-refractivity contribution in [2.45, 2.75) is 19.8 Å². The van der Waals surface area contributed by atoms with Gasteiger partial charge in [0, 0.05) is 17.0 Å². The lowest BCUT2D eigenvalue weighted by atomic mass is 9.83. The second kappa shape index (κ2) is 7.94. The Labute approximate surface area is 167 Å². The van der Waals surface area contributed by atoms with Crippen molar-refractivity contribution in [2.24, 2.45) is 0 Å². The van der Waals surface area contributed by atoms with E-state index >= 15 is 0 Å². The molecule has 0 amide bonds. The number of benzene rings is 1. The van der Waals surface area contributed by atoms with E-state index in [1.807, 2.05) is 18.2 Å². The maximum absolute atomic E-state index is 12.5. The molecule has 7 heteroatoms. The summed E-state index contributed by atoms with van der Waals surface area (Å²) in [5.74, 6) is -0.935. The number of dihydropyridines is 1. The van der Waals surface area contributed by atoms with Gasteiger partial charge in [-0.1, -0.05) is 23.7 Å². The fraction of sp³-hybridized carbons (Fsp3) is 0.238. The number of nitrogens with one attached hydrogen (secondary N) is 1. The predicted octanol–water partition coefficient (Wildman–Crippen LogP) is 4.18. The smallest absolute Gasteiger partial charge is 0.336 e. The van der Waals surface area contributed by atoms with E-state index in [9.17, 15) is 9.59 Å². The molecule has 0 radical (unpaired) electrons. The van der Waals surface area contributed by atoms with Crippen molar-refractivity contribution in [2.75, 3.05) is 14.2 Å². The van der Waals surface area contributed by atoms with Crippen molar-refractivity contribution < 1.29 is 23.5 Å². The molecule has 0 fully saturated rings. The third-order valence-electron chi connectivity index (χ3n) is 4.62. The lowest BCUT2D eigenvalue weighted by molar-refractivity contribution is -0.137. The van der Waals surface area contributed by atoms with E-state index in [1.54, 1.807) is 32.0 Å². The standard InChI is InChI=1S/C21H20ClNO5/c1-11-17(20(24)26-3)19(18(12(2)23-11)21(25)27-4)16-10-9-15(28-16)13-7-5-6-8-14(13)22/h5-10,19,23H,1-4H3. The molecular formula is C21H20ClNO5. The summed E-state index contributed by atoms with van der Waals surface area (Å²) in [7, 11) is 2.58. The van der Waals surface area contributed by atoms with Gasteiger partial charge in [-0.2, -0.15) is 0 Å². The van der Waals surface area contributed by atoms with Crippen LogP contribution in [0.2, 0.25) is 5.02 Å². The number of ether oxygens (including phenoxy) is 2. The molecule has 2 aromatic rings. The quantitative estimate of drug-likeness (QED) is 0.774. The molecule has 0 saturated heterocycles. The molecule has 1 aliphatic rings. The van der Waals surface area contributed by atoms with Crippen molar-refractivity contribution in [1.82, 2.24) is 5.32 Å². The molecule has 2 heterocycles. The summed E-state index contributed by atoms with van der Waals surface area (Å²) in [5.41, 5.74) is 2.45. The fourth-order valence-corrected chi connectivity index (χ4v) is 3.58. The summed E-state index contributed by atoms with van der Waals surface area (Å²) in [5, 5.41) is 3.59. The molecule has 0 unspecified atom stereocenters. The Balaban J connectivity index is 2.16. The number of furan rings is 1. The molecular weight excluding hydrogens is 382 g/mol. The van der Waals surface area contributed by atoms with Crippen LogP contribution in [0.4, 0.5) is 0 Å². The summed E-state index contributed by atoms with van der Waals surface area (Å²) in [6, 6.07) is 10.7. The average Bonchev–Trinajstić information content (AvgIpc) is 3.16. The second-order valence-electron chi connectivity index (χ2n) is 6.30. The molecule has 28 heavy (non-hydrogen) atoms. The highest BCUT2D eigenvalue weighted by Crippen LogP contribution is 2.41. The Morgan fingerprint density at radius 3 is 2.07 bits per heavy atom. The van der Waals surface area contributed by atoms with Gasteiger partial charge in [-0.15, -0.1) is 0 Å². The topological polar surface area (TPSA) is 77.8 Å². The normalized spacial score (nSPS) is 14.8. The van der Waals surface area contributed by atoms with Gasteiger partial charge in [0.2, 0.25) is 0 Å². The van der Waals surface area contributed by atoms with Crippen LogP contribution in [-0.2, 0) is 19.1 Å². The SMILES string of the molecule is COC(=O)C1=C(C)NC(C)=C(C(=O)OC)C1c1ccc(-c2ccccc2Cl)o1. The minimum Gasteiger partial charge on any atom is -0.466 e. The molecule has 0 aliphatic carbocycles. The molecule has 1 aromatic carbocycles. The number of carbonyl (C=O) groups is 2. The van der Waals surface area contributed by atoms with E-state index in [0.29, 0.717) is 33.5 Å². The van der Waals surface area contributed by atoms with E-state index in [-0.39, 0.29) is 11.1 Å². The third-order valence-corrected chi connectivity index (χ3v) is 4.95. The molecule has 0 saturated carbocycles. The molecule has 0 atom stereocenters. The zero-order valence-electron chi connectivity index (χ0n) is 16.0. The van der Waals surface area contributed by atoms with Gasteiger partial charge in [0.15, 0.2) is 0 Å². The average molecular weight is 402 g/mol. The Kier molecular flexibility index (Phi) is 5.61. The first-order chi connectivity index (χ1) is 13.4. The summed E-state index contributed by atoms with van der Waals surface area (Å²) in [6.07, 6.45) is 0. The van der Waals surface area contributed by atoms with Gasteiger partial charge in [-0.05, 0) is 38.1 Å². The van der Waals surface area contributed by atoms with Crippen LogP contribution in [0.1, 0.15) is 25.5 Å². The number of esters is 2. The van der Waals surface area contributed by atoms with Crippen LogP contribution in [0.3, 0.4) is 0 Å². The van der Waals surface area contributed by atoms with Crippen molar-refractivity contribution in [3.8, 4) is 11.3 Å². The van der Waals surface area contributed by atoms with Crippen molar-refractivity contribution in [3.63, 3.8) is 0 Å².